The van der Waals surface area contributed by atoms with Crippen molar-refractivity contribution in [2.24, 2.45) is 0 Å². The van der Waals surface area contributed by atoms with Crippen molar-refractivity contribution in [3.8, 4) is 0 Å². The van der Waals surface area contributed by atoms with E-state index in [0.717, 1.165) is 5.56 Å². The minimum atomic E-state index is -0.404. The topological polar surface area (TPSA) is 54.5 Å². The summed E-state index contributed by atoms with van der Waals surface area (Å²) in [6.45, 7) is 3.00. The van der Waals surface area contributed by atoms with Gasteiger partial charge in [-0.25, -0.2) is 4.39 Å². The molecule has 5 nitrogen and oxygen atoms in total. The maximum Gasteiger partial charge on any atom is 0.242 e. The van der Waals surface area contributed by atoms with Gasteiger partial charge in [0, 0.05) is 32.0 Å². The molecule has 1 aliphatic heterocycles. The summed E-state index contributed by atoms with van der Waals surface area (Å²) in [6.07, 6.45) is 3.87. The molecular weight excluding hydrogens is 321 g/mol. The molecule has 132 valence electrons. The summed E-state index contributed by atoms with van der Waals surface area (Å²) in [7, 11) is 0. The third-order valence-electron chi connectivity index (χ3n) is 4.31. The van der Waals surface area contributed by atoms with Gasteiger partial charge in [-0.15, -0.1) is 0 Å². The smallest absolute Gasteiger partial charge is 0.242 e. The molecule has 1 amide bonds. The molecule has 0 unspecified atom stereocenters. The highest BCUT2D eigenvalue weighted by atomic mass is 19.1. The van der Waals surface area contributed by atoms with Crippen LogP contribution in [0.25, 0.3) is 0 Å². The van der Waals surface area contributed by atoms with Crippen LogP contribution in [-0.4, -0.2) is 48.6 Å². The molecule has 1 N–H and O–H groups in total. The number of pyridine rings is 1. The number of morpholine rings is 1. The monoisotopic (exact) mass is 343 g/mol. The zero-order valence-corrected chi connectivity index (χ0v) is 14.0. The molecule has 3 rings (SSSR count). The highest BCUT2D eigenvalue weighted by Crippen LogP contribution is 2.21. The SMILES string of the molecule is O=C(NCCc1ccccc1F)[C@@H](c1cccnc1)N1CCOCC1. The van der Waals surface area contributed by atoms with Crippen LogP contribution in [0.3, 0.4) is 0 Å². The highest BCUT2D eigenvalue weighted by Gasteiger charge is 2.28. The average Bonchev–Trinajstić information content (AvgIpc) is 2.65. The van der Waals surface area contributed by atoms with Crippen LogP contribution < -0.4 is 5.32 Å². The largest absolute Gasteiger partial charge is 0.379 e. The lowest BCUT2D eigenvalue weighted by Gasteiger charge is -2.33. The average molecular weight is 343 g/mol. The molecule has 0 aliphatic carbocycles. The van der Waals surface area contributed by atoms with E-state index in [-0.39, 0.29) is 11.7 Å². The van der Waals surface area contributed by atoms with Crippen molar-refractivity contribution in [3.63, 3.8) is 0 Å². The second kappa shape index (κ2) is 8.69. The number of carbonyl (C=O) groups is 1. The first-order valence-corrected chi connectivity index (χ1v) is 8.48. The van der Waals surface area contributed by atoms with Crippen LogP contribution in [0.4, 0.5) is 4.39 Å². The van der Waals surface area contributed by atoms with E-state index in [0.29, 0.717) is 44.8 Å². The fourth-order valence-electron chi connectivity index (χ4n) is 3.02. The number of hydrogen-bond acceptors (Lipinski definition) is 4. The molecular formula is C19H22FN3O2. The molecule has 1 fully saturated rings. The minimum Gasteiger partial charge on any atom is -0.379 e. The molecule has 1 aliphatic rings. The third-order valence-corrected chi connectivity index (χ3v) is 4.31. The predicted octanol–water partition coefficient (Wildman–Crippen LogP) is 1.95. The van der Waals surface area contributed by atoms with E-state index in [1.54, 1.807) is 30.6 Å². The Morgan fingerprint density at radius 2 is 2.04 bits per heavy atom. The Hall–Kier alpha value is -2.31. The summed E-state index contributed by atoms with van der Waals surface area (Å²) in [5.74, 6) is -0.333. The highest BCUT2D eigenvalue weighted by molar-refractivity contribution is 5.83. The van der Waals surface area contributed by atoms with Gasteiger partial charge in [-0.1, -0.05) is 24.3 Å². The number of carbonyl (C=O) groups excluding carboxylic acids is 1. The molecule has 0 saturated carbocycles. The molecule has 1 aromatic heterocycles. The molecule has 1 atom stereocenters. The number of nitrogens with zero attached hydrogens (tertiary/aromatic N) is 2. The number of aromatic nitrogens is 1. The zero-order valence-electron chi connectivity index (χ0n) is 14.0. The van der Waals surface area contributed by atoms with Gasteiger partial charge in [0.2, 0.25) is 5.91 Å². The summed E-state index contributed by atoms with van der Waals surface area (Å²) < 4.78 is 19.1. The summed E-state index contributed by atoms with van der Waals surface area (Å²) in [5, 5.41) is 2.94. The van der Waals surface area contributed by atoms with Gasteiger partial charge in [-0.3, -0.25) is 14.7 Å². The maximum absolute atomic E-state index is 13.7. The predicted molar refractivity (Wildman–Crippen MR) is 92.5 cm³/mol. The van der Waals surface area contributed by atoms with Crippen molar-refractivity contribution in [1.29, 1.82) is 0 Å². The number of ether oxygens (including phenoxy) is 1. The Balaban J connectivity index is 1.65. The maximum atomic E-state index is 13.7. The van der Waals surface area contributed by atoms with E-state index in [2.05, 4.69) is 15.2 Å². The number of nitrogens with one attached hydrogen (secondary N) is 1. The fourth-order valence-corrected chi connectivity index (χ4v) is 3.02. The van der Waals surface area contributed by atoms with Crippen molar-refractivity contribution >= 4 is 5.91 Å². The Morgan fingerprint density at radius 3 is 2.76 bits per heavy atom. The molecule has 25 heavy (non-hydrogen) atoms. The lowest BCUT2D eigenvalue weighted by Crippen LogP contribution is -2.46. The fraction of sp³-hybridized carbons (Fsp3) is 0.368. The van der Waals surface area contributed by atoms with E-state index >= 15 is 0 Å². The molecule has 6 heteroatoms. The third kappa shape index (κ3) is 4.61. The number of halogens is 1. The first kappa shape index (κ1) is 17.5. The van der Waals surface area contributed by atoms with Crippen molar-refractivity contribution in [1.82, 2.24) is 15.2 Å². The van der Waals surface area contributed by atoms with E-state index in [1.165, 1.54) is 6.07 Å². The first-order valence-electron chi connectivity index (χ1n) is 8.48. The van der Waals surface area contributed by atoms with E-state index in [4.69, 9.17) is 4.74 Å². The standard InChI is InChI=1S/C19H22FN3O2/c20-17-6-2-1-4-15(17)7-9-22-19(24)18(16-5-3-8-21-14-16)23-10-12-25-13-11-23/h1-6,8,14,18H,7,9-13H2,(H,22,24)/t18-/m1/s1. The number of benzene rings is 1. The van der Waals surface area contributed by atoms with Crippen LogP contribution >= 0.6 is 0 Å². The minimum absolute atomic E-state index is 0.0914. The Morgan fingerprint density at radius 1 is 1.24 bits per heavy atom. The zero-order chi connectivity index (χ0) is 17.5. The van der Waals surface area contributed by atoms with E-state index in [1.807, 2.05) is 12.1 Å². The van der Waals surface area contributed by atoms with Crippen molar-refractivity contribution in [2.75, 3.05) is 32.8 Å². The summed E-state index contributed by atoms with van der Waals surface area (Å²) >= 11 is 0. The quantitative estimate of drug-likeness (QED) is 0.871. The van der Waals surface area contributed by atoms with Gasteiger partial charge >= 0.3 is 0 Å². The molecule has 2 heterocycles. The summed E-state index contributed by atoms with van der Waals surface area (Å²) in [4.78, 5) is 19.0. The van der Waals surface area contributed by atoms with Crippen LogP contribution in [0.2, 0.25) is 0 Å². The van der Waals surface area contributed by atoms with Crippen molar-refractivity contribution < 1.29 is 13.9 Å². The van der Waals surface area contributed by atoms with Crippen LogP contribution in [0.15, 0.2) is 48.8 Å². The Kier molecular flexibility index (Phi) is 6.09. The number of amides is 1. The Bertz CT molecular complexity index is 690. The van der Waals surface area contributed by atoms with E-state index in [9.17, 15) is 9.18 Å². The van der Waals surface area contributed by atoms with Crippen molar-refractivity contribution in [2.45, 2.75) is 12.5 Å². The van der Waals surface area contributed by atoms with E-state index < -0.39 is 6.04 Å². The van der Waals surface area contributed by atoms with Gasteiger partial charge < -0.3 is 10.1 Å². The lowest BCUT2D eigenvalue weighted by atomic mass is 10.1. The normalized spacial score (nSPS) is 16.4. The summed E-state index contributed by atoms with van der Waals surface area (Å²) in [5.41, 5.74) is 1.46. The Labute approximate surface area is 146 Å². The van der Waals surface area contributed by atoms with Crippen molar-refractivity contribution in [3.05, 3.63) is 65.7 Å². The molecule has 0 spiro atoms. The first-order chi connectivity index (χ1) is 12.3. The molecule has 1 aromatic carbocycles. The van der Waals surface area contributed by atoms with Crippen LogP contribution in [0.1, 0.15) is 17.2 Å². The van der Waals surface area contributed by atoms with Crippen LogP contribution in [0, 0.1) is 5.82 Å². The van der Waals surface area contributed by atoms with Gasteiger partial charge in [-0.2, -0.15) is 0 Å². The second-order valence-corrected chi connectivity index (χ2v) is 5.97. The van der Waals surface area contributed by atoms with Crippen LogP contribution in [0.5, 0.6) is 0 Å². The second-order valence-electron chi connectivity index (χ2n) is 5.97. The van der Waals surface area contributed by atoms with Gasteiger partial charge in [0.05, 0.1) is 13.2 Å². The molecule has 2 aromatic rings. The summed E-state index contributed by atoms with van der Waals surface area (Å²) in [6, 6.07) is 9.96. The van der Waals surface area contributed by atoms with Gasteiger partial charge in [0.25, 0.3) is 0 Å². The number of rotatable bonds is 6. The van der Waals surface area contributed by atoms with Gasteiger partial charge in [-0.05, 0) is 29.7 Å². The molecule has 0 bridgehead atoms. The van der Waals surface area contributed by atoms with Gasteiger partial charge in [0.1, 0.15) is 11.9 Å². The molecule has 1 saturated heterocycles. The number of hydrogen-bond donors (Lipinski definition) is 1. The van der Waals surface area contributed by atoms with Crippen LogP contribution in [-0.2, 0) is 16.0 Å². The lowest BCUT2D eigenvalue weighted by molar-refractivity contribution is -0.128. The molecule has 0 radical (unpaired) electrons. The van der Waals surface area contributed by atoms with Gasteiger partial charge in [0.15, 0.2) is 0 Å².